The molecule has 132 valence electrons. The van der Waals surface area contributed by atoms with E-state index in [9.17, 15) is 4.79 Å². The number of fused-ring (bicyclic) bond motifs is 3. The number of rotatable bonds is 7. The molecule has 4 nitrogen and oxygen atoms in total. The van der Waals surface area contributed by atoms with Crippen LogP contribution in [0, 0.1) is 0 Å². The Hall–Kier alpha value is -2.33. The van der Waals surface area contributed by atoms with Gasteiger partial charge in [0, 0.05) is 19.5 Å². The Morgan fingerprint density at radius 1 is 1.00 bits per heavy atom. The van der Waals surface area contributed by atoms with Crippen LogP contribution in [0.1, 0.15) is 36.3 Å². The third kappa shape index (κ3) is 3.85. The predicted octanol–water partition coefficient (Wildman–Crippen LogP) is 4.00. The van der Waals surface area contributed by atoms with E-state index in [4.69, 9.17) is 10.5 Å². The lowest BCUT2D eigenvalue weighted by molar-refractivity contribution is 0.108. The van der Waals surface area contributed by atoms with Gasteiger partial charge in [0.1, 0.15) is 6.61 Å². The molecule has 2 aromatic rings. The molecule has 0 heterocycles. The molecule has 2 N–H and O–H groups in total. The zero-order valence-corrected chi connectivity index (χ0v) is 14.8. The van der Waals surface area contributed by atoms with Gasteiger partial charge in [-0.25, -0.2) is 4.79 Å². The van der Waals surface area contributed by atoms with Crippen molar-refractivity contribution in [2.45, 2.75) is 25.2 Å². The van der Waals surface area contributed by atoms with Gasteiger partial charge in [0.05, 0.1) is 0 Å². The summed E-state index contributed by atoms with van der Waals surface area (Å²) >= 11 is 0. The Bertz CT molecular complexity index is 684. The van der Waals surface area contributed by atoms with Crippen LogP contribution in [0.25, 0.3) is 11.1 Å². The van der Waals surface area contributed by atoms with E-state index in [1.165, 1.54) is 22.3 Å². The first-order valence-electron chi connectivity index (χ1n) is 8.98. The third-order valence-corrected chi connectivity index (χ3v) is 4.85. The second-order valence-electron chi connectivity index (χ2n) is 6.57. The third-order valence-electron chi connectivity index (χ3n) is 4.85. The summed E-state index contributed by atoms with van der Waals surface area (Å²) in [7, 11) is 1.79. The van der Waals surface area contributed by atoms with Crippen LogP contribution in [-0.2, 0) is 4.74 Å². The van der Waals surface area contributed by atoms with Crippen LogP contribution in [0.5, 0.6) is 0 Å². The van der Waals surface area contributed by atoms with Crippen LogP contribution >= 0.6 is 0 Å². The summed E-state index contributed by atoms with van der Waals surface area (Å²) in [4.78, 5) is 13.9. The number of nitrogens with zero attached hydrogens (tertiary/aromatic N) is 1. The van der Waals surface area contributed by atoms with E-state index in [1.54, 1.807) is 11.9 Å². The van der Waals surface area contributed by atoms with Crippen LogP contribution in [0.2, 0.25) is 0 Å². The molecule has 0 saturated heterocycles. The molecule has 0 aliphatic heterocycles. The van der Waals surface area contributed by atoms with Gasteiger partial charge in [-0.1, -0.05) is 55.0 Å². The molecule has 1 aliphatic rings. The van der Waals surface area contributed by atoms with E-state index in [0.717, 1.165) is 19.3 Å². The zero-order chi connectivity index (χ0) is 17.6. The molecular weight excluding hydrogens is 312 g/mol. The standard InChI is InChI=1S/C21H26N2O2/c1-23(14-8-2-7-13-22)21(24)25-15-20-18-11-5-3-9-16(18)17-10-4-6-12-19(17)20/h3-6,9-12,20H,2,7-8,13-15,22H2,1H3. The van der Waals surface area contributed by atoms with Gasteiger partial charge in [-0.05, 0) is 41.6 Å². The number of nitrogens with two attached hydrogens (primary N) is 1. The van der Waals surface area contributed by atoms with Crippen molar-refractivity contribution in [1.29, 1.82) is 0 Å². The van der Waals surface area contributed by atoms with Crippen LogP contribution < -0.4 is 5.73 Å². The Morgan fingerprint density at radius 2 is 1.60 bits per heavy atom. The molecule has 0 aromatic heterocycles. The minimum atomic E-state index is -0.255. The summed E-state index contributed by atoms with van der Waals surface area (Å²) in [6.07, 6.45) is 2.74. The maximum absolute atomic E-state index is 12.3. The Balaban J connectivity index is 1.62. The quantitative estimate of drug-likeness (QED) is 0.777. The number of hydrogen-bond acceptors (Lipinski definition) is 3. The van der Waals surface area contributed by atoms with Crippen molar-refractivity contribution in [3.63, 3.8) is 0 Å². The van der Waals surface area contributed by atoms with Crippen molar-refractivity contribution in [3.05, 3.63) is 59.7 Å². The van der Waals surface area contributed by atoms with Gasteiger partial charge < -0.3 is 15.4 Å². The molecule has 1 aliphatic carbocycles. The fourth-order valence-corrected chi connectivity index (χ4v) is 3.47. The van der Waals surface area contributed by atoms with Gasteiger partial charge in [0.2, 0.25) is 0 Å². The highest BCUT2D eigenvalue weighted by molar-refractivity contribution is 5.79. The first-order valence-corrected chi connectivity index (χ1v) is 8.98. The number of hydrogen-bond donors (Lipinski definition) is 1. The summed E-state index contributed by atoms with van der Waals surface area (Å²) in [5.41, 5.74) is 10.5. The lowest BCUT2D eigenvalue weighted by Gasteiger charge is -2.19. The van der Waals surface area contributed by atoms with Crippen LogP contribution in [0.3, 0.4) is 0 Å². The Labute approximate surface area is 149 Å². The van der Waals surface area contributed by atoms with Gasteiger partial charge in [-0.2, -0.15) is 0 Å². The van der Waals surface area contributed by atoms with Crippen molar-refractivity contribution in [2.24, 2.45) is 5.73 Å². The average molecular weight is 338 g/mol. The summed E-state index contributed by atoms with van der Waals surface area (Å²) in [5, 5.41) is 0. The smallest absolute Gasteiger partial charge is 0.409 e. The van der Waals surface area contributed by atoms with E-state index in [2.05, 4.69) is 36.4 Å². The van der Waals surface area contributed by atoms with Gasteiger partial charge in [0.15, 0.2) is 0 Å². The average Bonchev–Trinajstić information content (AvgIpc) is 2.97. The molecule has 0 bridgehead atoms. The predicted molar refractivity (Wildman–Crippen MR) is 101 cm³/mol. The topological polar surface area (TPSA) is 55.6 Å². The van der Waals surface area contributed by atoms with Crippen molar-refractivity contribution in [1.82, 2.24) is 4.90 Å². The SMILES string of the molecule is CN(CCCCCN)C(=O)OCC1c2ccccc2-c2ccccc21. The lowest BCUT2D eigenvalue weighted by atomic mass is 9.98. The fourth-order valence-electron chi connectivity index (χ4n) is 3.47. The zero-order valence-electron chi connectivity index (χ0n) is 14.8. The van der Waals surface area contributed by atoms with E-state index in [0.29, 0.717) is 19.7 Å². The molecule has 0 saturated carbocycles. The van der Waals surface area contributed by atoms with Gasteiger partial charge >= 0.3 is 6.09 Å². The number of ether oxygens (including phenoxy) is 1. The summed E-state index contributed by atoms with van der Waals surface area (Å²) < 4.78 is 5.62. The maximum atomic E-state index is 12.3. The number of amides is 1. The molecule has 0 radical (unpaired) electrons. The molecule has 3 rings (SSSR count). The van der Waals surface area contributed by atoms with Crippen molar-refractivity contribution in [3.8, 4) is 11.1 Å². The molecule has 0 fully saturated rings. The van der Waals surface area contributed by atoms with E-state index >= 15 is 0 Å². The highest BCUT2D eigenvalue weighted by Gasteiger charge is 2.29. The Kier molecular flexibility index (Phi) is 5.71. The molecule has 0 atom stereocenters. The highest BCUT2D eigenvalue weighted by atomic mass is 16.6. The second-order valence-corrected chi connectivity index (χ2v) is 6.57. The van der Waals surface area contributed by atoms with Crippen LogP contribution in [0.15, 0.2) is 48.5 Å². The van der Waals surface area contributed by atoms with Crippen molar-refractivity contribution >= 4 is 6.09 Å². The number of carbonyl (C=O) groups is 1. The first-order chi connectivity index (χ1) is 12.2. The molecule has 0 unspecified atom stereocenters. The van der Waals surface area contributed by atoms with Gasteiger partial charge in [0.25, 0.3) is 0 Å². The largest absolute Gasteiger partial charge is 0.448 e. The minimum Gasteiger partial charge on any atom is -0.448 e. The molecule has 4 heteroatoms. The van der Waals surface area contributed by atoms with Crippen LogP contribution in [0.4, 0.5) is 4.79 Å². The summed E-state index contributed by atoms with van der Waals surface area (Å²) in [5.74, 6) is 0.113. The maximum Gasteiger partial charge on any atom is 0.409 e. The molecule has 0 spiro atoms. The fraction of sp³-hybridized carbons (Fsp3) is 0.381. The normalized spacial score (nSPS) is 12.6. The summed E-state index contributed by atoms with van der Waals surface area (Å²) in [6, 6.07) is 16.7. The monoisotopic (exact) mass is 338 g/mol. The number of benzene rings is 2. The minimum absolute atomic E-state index is 0.113. The number of carbonyl (C=O) groups excluding carboxylic acids is 1. The van der Waals surface area contributed by atoms with E-state index in [1.807, 2.05) is 12.1 Å². The van der Waals surface area contributed by atoms with E-state index < -0.39 is 0 Å². The highest BCUT2D eigenvalue weighted by Crippen LogP contribution is 2.44. The van der Waals surface area contributed by atoms with Crippen LogP contribution in [-0.4, -0.2) is 37.7 Å². The molecule has 1 amide bonds. The van der Waals surface area contributed by atoms with Crippen molar-refractivity contribution in [2.75, 3.05) is 26.7 Å². The lowest BCUT2D eigenvalue weighted by Crippen LogP contribution is -2.29. The number of unbranched alkanes of at least 4 members (excludes halogenated alkanes) is 2. The summed E-state index contributed by atoms with van der Waals surface area (Å²) in [6.45, 7) is 1.78. The molecule has 25 heavy (non-hydrogen) atoms. The first kappa shape index (κ1) is 17.5. The van der Waals surface area contributed by atoms with Gasteiger partial charge in [-0.3, -0.25) is 0 Å². The van der Waals surface area contributed by atoms with Gasteiger partial charge in [-0.15, -0.1) is 0 Å². The second kappa shape index (κ2) is 8.17. The Morgan fingerprint density at radius 3 is 2.20 bits per heavy atom. The van der Waals surface area contributed by atoms with E-state index in [-0.39, 0.29) is 12.0 Å². The van der Waals surface area contributed by atoms with Crippen molar-refractivity contribution < 1.29 is 9.53 Å². The molecular formula is C21H26N2O2. The molecule has 2 aromatic carbocycles.